The number of hydrogen-bond acceptors (Lipinski definition) is 4. The number of nitrogens with zero attached hydrogens (tertiary/aromatic N) is 2. The summed E-state index contributed by atoms with van der Waals surface area (Å²) in [4.78, 5) is 11.3. The van der Waals surface area contributed by atoms with Crippen molar-refractivity contribution >= 4 is 73.8 Å². The molecule has 0 aliphatic carbocycles. The summed E-state index contributed by atoms with van der Waals surface area (Å²) in [6.45, 7) is 0. The highest BCUT2D eigenvalue weighted by Gasteiger charge is 2.22. The minimum Gasteiger partial charge on any atom is -0.228 e. The molecule has 0 fully saturated rings. The van der Waals surface area contributed by atoms with Crippen molar-refractivity contribution in [3.8, 4) is 67.3 Å². The van der Waals surface area contributed by atoms with Gasteiger partial charge >= 0.3 is 0 Å². The Morgan fingerprint density at radius 1 is 0.283 bits per heavy atom. The molecule has 0 atom stereocenters. The number of thiophene rings is 2. The molecule has 4 heteroatoms. The summed E-state index contributed by atoms with van der Waals surface area (Å²) in [5.41, 5.74) is 12.0. The first-order chi connectivity index (χ1) is 29.7. The first-order valence-electron chi connectivity index (χ1n) is 20.2. The zero-order valence-corrected chi connectivity index (χ0v) is 34.0. The zero-order valence-electron chi connectivity index (χ0n) is 32.3. The van der Waals surface area contributed by atoms with Gasteiger partial charge < -0.3 is 0 Å². The van der Waals surface area contributed by atoms with Crippen LogP contribution < -0.4 is 0 Å². The molecule has 0 bridgehead atoms. The number of rotatable bonds is 6. The Labute approximate surface area is 355 Å². The molecular formula is C56H34N2S2. The lowest BCUT2D eigenvalue weighted by atomic mass is 9.87. The van der Waals surface area contributed by atoms with Gasteiger partial charge in [0.1, 0.15) is 0 Å². The molecule has 0 aliphatic heterocycles. The van der Waals surface area contributed by atoms with Gasteiger partial charge in [-0.1, -0.05) is 182 Å². The van der Waals surface area contributed by atoms with E-state index in [2.05, 4.69) is 206 Å². The molecule has 3 aromatic heterocycles. The maximum absolute atomic E-state index is 5.65. The van der Waals surface area contributed by atoms with Crippen LogP contribution in [0.1, 0.15) is 0 Å². The third kappa shape index (κ3) is 5.76. The SMILES string of the molecule is c1ccc(-c2ccc(-c3cc(-c4ccccc4)c4ccccc4c3-c3nc(-c4cccc5c4sc4ccccc45)cc(-c4cccc5c4sc4ccccc45)n3)cc2)cc1. The van der Waals surface area contributed by atoms with Crippen molar-refractivity contribution in [1.29, 1.82) is 0 Å². The lowest BCUT2D eigenvalue weighted by Gasteiger charge is -2.19. The molecule has 0 saturated heterocycles. The second-order valence-corrected chi connectivity index (χ2v) is 17.3. The van der Waals surface area contributed by atoms with E-state index in [4.69, 9.17) is 9.97 Å². The fourth-order valence-electron chi connectivity index (χ4n) is 8.91. The molecular weight excluding hydrogens is 765 g/mol. The topological polar surface area (TPSA) is 25.8 Å². The van der Waals surface area contributed by atoms with E-state index in [1.807, 2.05) is 22.7 Å². The summed E-state index contributed by atoms with van der Waals surface area (Å²) in [7, 11) is 0. The van der Waals surface area contributed by atoms with E-state index in [1.165, 1.54) is 62.6 Å². The Morgan fingerprint density at radius 2 is 0.717 bits per heavy atom. The van der Waals surface area contributed by atoms with Crippen LogP contribution in [0, 0.1) is 0 Å². The van der Waals surface area contributed by atoms with Gasteiger partial charge in [-0.3, -0.25) is 0 Å². The first kappa shape index (κ1) is 34.8. The molecule has 0 amide bonds. The molecule has 3 heterocycles. The summed E-state index contributed by atoms with van der Waals surface area (Å²) in [6.07, 6.45) is 0. The fraction of sp³-hybridized carbons (Fsp3) is 0. The summed E-state index contributed by atoms with van der Waals surface area (Å²) in [5.74, 6) is 0.705. The quantitative estimate of drug-likeness (QED) is 0.167. The van der Waals surface area contributed by atoms with Crippen molar-refractivity contribution in [2.45, 2.75) is 0 Å². The number of fused-ring (bicyclic) bond motifs is 7. The molecule has 12 aromatic rings. The van der Waals surface area contributed by atoms with Gasteiger partial charge in [0.2, 0.25) is 0 Å². The van der Waals surface area contributed by atoms with Crippen molar-refractivity contribution < 1.29 is 0 Å². The zero-order chi connectivity index (χ0) is 39.6. The van der Waals surface area contributed by atoms with Crippen LogP contribution in [0.4, 0.5) is 0 Å². The highest BCUT2D eigenvalue weighted by atomic mass is 32.1. The Bertz CT molecular complexity index is 3450. The van der Waals surface area contributed by atoms with Crippen LogP contribution in [0.3, 0.4) is 0 Å². The molecule has 0 unspecified atom stereocenters. The average Bonchev–Trinajstić information content (AvgIpc) is 3.90. The van der Waals surface area contributed by atoms with Crippen molar-refractivity contribution in [3.05, 3.63) is 206 Å². The Hall–Kier alpha value is -7.24. The lowest BCUT2D eigenvalue weighted by molar-refractivity contribution is 1.19. The molecule has 9 aromatic carbocycles. The van der Waals surface area contributed by atoms with E-state index >= 15 is 0 Å². The normalized spacial score (nSPS) is 11.7. The van der Waals surface area contributed by atoms with Crippen LogP contribution in [-0.2, 0) is 0 Å². The molecule has 0 N–H and O–H groups in total. The van der Waals surface area contributed by atoms with Crippen molar-refractivity contribution in [1.82, 2.24) is 9.97 Å². The van der Waals surface area contributed by atoms with Gasteiger partial charge in [0.05, 0.1) is 11.4 Å². The second-order valence-electron chi connectivity index (χ2n) is 15.2. The summed E-state index contributed by atoms with van der Waals surface area (Å²) in [5, 5.41) is 7.32. The maximum Gasteiger partial charge on any atom is 0.161 e. The van der Waals surface area contributed by atoms with E-state index in [1.54, 1.807) is 0 Å². The molecule has 2 nitrogen and oxygen atoms in total. The van der Waals surface area contributed by atoms with Gasteiger partial charge in [-0.2, -0.15) is 0 Å². The van der Waals surface area contributed by atoms with E-state index in [0.717, 1.165) is 50.0 Å². The van der Waals surface area contributed by atoms with Crippen LogP contribution in [0.15, 0.2) is 206 Å². The number of aromatic nitrogens is 2. The lowest BCUT2D eigenvalue weighted by Crippen LogP contribution is -1.99. The van der Waals surface area contributed by atoms with Gasteiger partial charge in [-0.05, 0) is 68.4 Å². The second kappa shape index (κ2) is 14.2. The van der Waals surface area contributed by atoms with Gasteiger partial charge in [-0.25, -0.2) is 9.97 Å². The molecule has 0 spiro atoms. The Balaban J connectivity index is 1.17. The van der Waals surface area contributed by atoms with E-state index in [0.29, 0.717) is 5.82 Å². The smallest absolute Gasteiger partial charge is 0.161 e. The third-order valence-corrected chi connectivity index (χ3v) is 14.2. The Morgan fingerprint density at radius 3 is 1.30 bits per heavy atom. The monoisotopic (exact) mass is 798 g/mol. The summed E-state index contributed by atoms with van der Waals surface area (Å²) in [6, 6.07) is 74.3. The molecule has 12 rings (SSSR count). The predicted octanol–water partition coefficient (Wildman–Crippen LogP) is 16.4. The van der Waals surface area contributed by atoms with Crippen LogP contribution in [-0.4, -0.2) is 9.97 Å². The minimum absolute atomic E-state index is 0.705. The van der Waals surface area contributed by atoms with E-state index in [-0.39, 0.29) is 0 Å². The fourth-order valence-corrected chi connectivity index (χ4v) is 11.4. The van der Waals surface area contributed by atoms with Crippen LogP contribution in [0.5, 0.6) is 0 Å². The highest BCUT2D eigenvalue weighted by molar-refractivity contribution is 7.26. The molecule has 280 valence electrons. The minimum atomic E-state index is 0.705. The molecule has 60 heavy (non-hydrogen) atoms. The number of hydrogen-bond donors (Lipinski definition) is 0. The largest absolute Gasteiger partial charge is 0.228 e. The van der Waals surface area contributed by atoms with Crippen LogP contribution in [0.2, 0.25) is 0 Å². The van der Waals surface area contributed by atoms with Gasteiger partial charge in [-0.15, -0.1) is 22.7 Å². The maximum atomic E-state index is 5.65. The summed E-state index contributed by atoms with van der Waals surface area (Å²) >= 11 is 3.67. The Kier molecular flexibility index (Phi) is 8.25. The van der Waals surface area contributed by atoms with Crippen LogP contribution >= 0.6 is 22.7 Å². The van der Waals surface area contributed by atoms with Crippen molar-refractivity contribution in [3.63, 3.8) is 0 Å². The van der Waals surface area contributed by atoms with Gasteiger partial charge in [0, 0.05) is 57.0 Å². The number of benzene rings is 9. The van der Waals surface area contributed by atoms with Gasteiger partial charge in [0.15, 0.2) is 5.82 Å². The van der Waals surface area contributed by atoms with E-state index < -0.39 is 0 Å². The van der Waals surface area contributed by atoms with Gasteiger partial charge in [0.25, 0.3) is 0 Å². The predicted molar refractivity (Wildman–Crippen MR) is 258 cm³/mol. The standard InChI is InChI=1S/C56H34N2S2/c1-3-15-35(16-4-1)36-29-31-38(32-30-36)48-33-47(37-17-5-2-6-18-37)39-19-7-8-22-42(39)53(48)56-57-49(45-25-13-23-43-40-20-9-11-27-51(40)59-54(43)45)34-50(58-56)46-26-14-24-44-41-21-10-12-28-52(41)60-55(44)46/h1-34H. The van der Waals surface area contributed by atoms with Crippen molar-refractivity contribution in [2.75, 3.05) is 0 Å². The first-order valence-corrected chi connectivity index (χ1v) is 21.9. The summed E-state index contributed by atoms with van der Waals surface area (Å²) < 4.78 is 5.01. The third-order valence-electron chi connectivity index (χ3n) is 11.7. The average molecular weight is 799 g/mol. The molecule has 0 saturated carbocycles. The highest BCUT2D eigenvalue weighted by Crippen LogP contribution is 2.46. The van der Waals surface area contributed by atoms with E-state index in [9.17, 15) is 0 Å². The van der Waals surface area contributed by atoms with Crippen molar-refractivity contribution in [2.24, 2.45) is 0 Å². The molecule has 0 radical (unpaired) electrons. The molecule has 0 aliphatic rings. The van der Waals surface area contributed by atoms with Crippen LogP contribution in [0.25, 0.3) is 118 Å².